The Hall–Kier alpha value is -2.90. The van der Waals surface area contributed by atoms with E-state index in [0.29, 0.717) is 5.69 Å². The van der Waals surface area contributed by atoms with E-state index in [9.17, 15) is 18.0 Å². The van der Waals surface area contributed by atoms with E-state index in [0.717, 1.165) is 32.0 Å². The minimum atomic E-state index is -3.06. The molecule has 5 nitrogen and oxygen atoms in total. The Morgan fingerprint density at radius 1 is 1.15 bits per heavy atom. The number of carbonyl (C=O) groups is 1. The fourth-order valence-electron chi connectivity index (χ4n) is 3.05. The predicted octanol–water partition coefficient (Wildman–Crippen LogP) is 4.29. The van der Waals surface area contributed by atoms with Gasteiger partial charge < -0.3 is 19.7 Å². The molecule has 0 bridgehead atoms. The molecule has 2 aromatic rings. The van der Waals surface area contributed by atoms with Crippen molar-refractivity contribution in [2.75, 3.05) is 30.4 Å². The molecule has 0 spiro atoms. The van der Waals surface area contributed by atoms with Crippen molar-refractivity contribution in [1.29, 1.82) is 0 Å². The number of anilines is 2. The van der Waals surface area contributed by atoms with E-state index in [2.05, 4.69) is 10.1 Å². The Balaban J connectivity index is 1.87. The van der Waals surface area contributed by atoms with Gasteiger partial charge in [0.25, 0.3) is 5.91 Å². The van der Waals surface area contributed by atoms with Crippen LogP contribution in [0.2, 0.25) is 0 Å². The number of benzene rings is 2. The molecule has 1 amide bonds. The zero-order valence-electron chi connectivity index (χ0n) is 14.7. The van der Waals surface area contributed by atoms with Crippen molar-refractivity contribution in [1.82, 2.24) is 0 Å². The number of alkyl halides is 2. The van der Waals surface area contributed by atoms with E-state index in [1.54, 1.807) is 12.1 Å². The van der Waals surface area contributed by atoms with Crippen molar-refractivity contribution in [3.63, 3.8) is 0 Å². The summed E-state index contributed by atoms with van der Waals surface area (Å²) >= 11 is 0. The summed E-state index contributed by atoms with van der Waals surface area (Å²) in [7, 11) is 1.30. The summed E-state index contributed by atoms with van der Waals surface area (Å²) in [6, 6.07) is 8.45. The normalized spacial score (nSPS) is 13.7. The van der Waals surface area contributed by atoms with Gasteiger partial charge in [0.2, 0.25) is 0 Å². The number of ether oxygens (including phenoxy) is 2. The molecule has 1 heterocycles. The number of rotatable bonds is 6. The standard InChI is InChI=1S/C19H19F3N2O3/c1-26-15-8-7-12(11-16(15)27-19(21)22)18(25)23-17-13(20)5-4-6-14(17)24-9-2-3-10-24/h4-8,11,19H,2-3,9-10H2,1H3,(H,23,25). The molecule has 1 aliphatic rings. The van der Waals surface area contributed by atoms with Gasteiger partial charge in [-0.2, -0.15) is 8.78 Å². The third-order valence-corrected chi connectivity index (χ3v) is 4.32. The smallest absolute Gasteiger partial charge is 0.387 e. The first-order chi connectivity index (χ1) is 13.0. The summed E-state index contributed by atoms with van der Waals surface area (Å²) in [6.07, 6.45) is 1.99. The fraction of sp³-hybridized carbons (Fsp3) is 0.316. The lowest BCUT2D eigenvalue weighted by Crippen LogP contribution is -2.22. The zero-order chi connectivity index (χ0) is 19.4. The largest absolute Gasteiger partial charge is 0.493 e. The SMILES string of the molecule is COc1ccc(C(=O)Nc2c(F)cccc2N2CCCC2)cc1OC(F)F. The second-order valence-electron chi connectivity index (χ2n) is 6.03. The first-order valence-electron chi connectivity index (χ1n) is 8.47. The molecule has 27 heavy (non-hydrogen) atoms. The molecule has 144 valence electrons. The molecule has 0 atom stereocenters. The van der Waals surface area contributed by atoms with Crippen LogP contribution >= 0.6 is 0 Å². The van der Waals surface area contributed by atoms with Crippen molar-refractivity contribution in [3.8, 4) is 11.5 Å². The quantitative estimate of drug-likeness (QED) is 0.812. The van der Waals surface area contributed by atoms with Crippen molar-refractivity contribution in [2.24, 2.45) is 0 Å². The molecule has 1 N–H and O–H groups in total. The number of para-hydroxylation sites is 1. The van der Waals surface area contributed by atoms with Gasteiger partial charge in [-0.15, -0.1) is 0 Å². The van der Waals surface area contributed by atoms with Crippen LogP contribution in [0.15, 0.2) is 36.4 Å². The molecule has 0 radical (unpaired) electrons. The Morgan fingerprint density at radius 2 is 1.89 bits per heavy atom. The van der Waals surface area contributed by atoms with Gasteiger partial charge in [-0.05, 0) is 43.2 Å². The number of hydrogen-bond donors (Lipinski definition) is 1. The number of nitrogens with zero attached hydrogens (tertiary/aromatic N) is 1. The van der Waals surface area contributed by atoms with Gasteiger partial charge in [0.05, 0.1) is 12.8 Å². The van der Waals surface area contributed by atoms with E-state index in [-0.39, 0.29) is 22.7 Å². The molecule has 1 saturated heterocycles. The van der Waals surface area contributed by atoms with E-state index in [1.165, 1.54) is 25.3 Å². The average Bonchev–Trinajstić information content (AvgIpc) is 3.17. The molecule has 1 aliphatic heterocycles. The minimum absolute atomic E-state index is 0.0436. The lowest BCUT2D eigenvalue weighted by atomic mass is 10.1. The number of carbonyl (C=O) groups excluding carboxylic acids is 1. The van der Waals surface area contributed by atoms with Gasteiger partial charge in [-0.3, -0.25) is 4.79 Å². The van der Waals surface area contributed by atoms with Gasteiger partial charge in [-0.1, -0.05) is 6.07 Å². The maximum Gasteiger partial charge on any atom is 0.387 e. The van der Waals surface area contributed by atoms with Crippen LogP contribution in [0, 0.1) is 5.82 Å². The number of halogens is 3. The Bertz CT molecular complexity index is 824. The van der Waals surface area contributed by atoms with Crippen LogP contribution < -0.4 is 19.7 Å². The number of nitrogens with one attached hydrogen (secondary N) is 1. The summed E-state index contributed by atoms with van der Waals surface area (Å²) in [5.41, 5.74) is 0.706. The van der Waals surface area contributed by atoms with Crippen LogP contribution in [0.4, 0.5) is 24.5 Å². The van der Waals surface area contributed by atoms with Gasteiger partial charge in [0, 0.05) is 18.7 Å². The van der Waals surface area contributed by atoms with Gasteiger partial charge in [-0.25, -0.2) is 4.39 Å². The van der Waals surface area contributed by atoms with Crippen LogP contribution in [0.1, 0.15) is 23.2 Å². The van der Waals surface area contributed by atoms with Gasteiger partial charge in [0.15, 0.2) is 11.5 Å². The molecule has 0 aromatic heterocycles. The highest BCUT2D eigenvalue weighted by atomic mass is 19.3. The Labute approximate surface area is 154 Å². The number of hydrogen-bond acceptors (Lipinski definition) is 4. The second-order valence-corrected chi connectivity index (χ2v) is 6.03. The molecular formula is C19H19F3N2O3. The third-order valence-electron chi connectivity index (χ3n) is 4.32. The molecular weight excluding hydrogens is 361 g/mol. The second kappa shape index (κ2) is 8.20. The van der Waals surface area contributed by atoms with Crippen molar-refractivity contribution in [2.45, 2.75) is 19.5 Å². The lowest BCUT2D eigenvalue weighted by molar-refractivity contribution is -0.0512. The highest BCUT2D eigenvalue weighted by Crippen LogP contribution is 2.33. The monoisotopic (exact) mass is 380 g/mol. The van der Waals surface area contributed by atoms with Crippen LogP contribution in [0.3, 0.4) is 0 Å². The molecule has 0 saturated carbocycles. The predicted molar refractivity (Wildman–Crippen MR) is 95.4 cm³/mol. The Morgan fingerprint density at radius 3 is 2.56 bits per heavy atom. The average molecular weight is 380 g/mol. The molecule has 3 rings (SSSR count). The summed E-state index contributed by atoms with van der Waals surface area (Å²) in [5, 5.41) is 2.55. The lowest BCUT2D eigenvalue weighted by Gasteiger charge is -2.22. The van der Waals surface area contributed by atoms with Gasteiger partial charge in [0.1, 0.15) is 11.5 Å². The summed E-state index contributed by atoms with van der Waals surface area (Å²) < 4.78 is 48.8. The van der Waals surface area contributed by atoms with Crippen molar-refractivity contribution >= 4 is 17.3 Å². The number of amides is 1. The summed E-state index contributed by atoms with van der Waals surface area (Å²) in [6.45, 7) is -1.51. The maximum absolute atomic E-state index is 14.4. The molecule has 2 aromatic carbocycles. The van der Waals surface area contributed by atoms with Crippen molar-refractivity contribution < 1.29 is 27.4 Å². The fourth-order valence-corrected chi connectivity index (χ4v) is 3.05. The van der Waals surface area contributed by atoms with Crippen LogP contribution in [0.5, 0.6) is 11.5 Å². The molecule has 0 unspecified atom stereocenters. The minimum Gasteiger partial charge on any atom is -0.493 e. The maximum atomic E-state index is 14.4. The van der Waals surface area contributed by atoms with Crippen molar-refractivity contribution in [3.05, 3.63) is 47.8 Å². The van der Waals surface area contributed by atoms with Gasteiger partial charge >= 0.3 is 6.61 Å². The number of methoxy groups -OCH3 is 1. The summed E-state index contributed by atoms with van der Waals surface area (Å²) in [5.74, 6) is -1.41. The van der Waals surface area contributed by atoms with E-state index >= 15 is 0 Å². The van der Waals surface area contributed by atoms with E-state index in [1.807, 2.05) is 4.90 Å². The zero-order valence-corrected chi connectivity index (χ0v) is 14.7. The first-order valence-corrected chi connectivity index (χ1v) is 8.47. The van der Waals surface area contributed by atoms with E-state index in [4.69, 9.17) is 4.74 Å². The van der Waals surface area contributed by atoms with Crippen LogP contribution in [0.25, 0.3) is 0 Å². The van der Waals surface area contributed by atoms with Crippen LogP contribution in [-0.2, 0) is 0 Å². The topological polar surface area (TPSA) is 50.8 Å². The molecule has 8 heteroatoms. The summed E-state index contributed by atoms with van der Waals surface area (Å²) in [4.78, 5) is 14.6. The Kier molecular flexibility index (Phi) is 5.73. The third kappa shape index (κ3) is 4.27. The first kappa shape index (κ1) is 18.9. The van der Waals surface area contributed by atoms with Crippen LogP contribution in [-0.4, -0.2) is 32.7 Å². The van der Waals surface area contributed by atoms with E-state index < -0.39 is 18.3 Å². The molecule has 0 aliphatic carbocycles. The molecule has 1 fully saturated rings. The highest BCUT2D eigenvalue weighted by Gasteiger charge is 2.21. The highest BCUT2D eigenvalue weighted by molar-refractivity contribution is 6.06.